The minimum absolute atomic E-state index is 0.418. The van der Waals surface area contributed by atoms with Gasteiger partial charge in [-0.25, -0.2) is 4.98 Å². The number of hydrogen-bond acceptors (Lipinski definition) is 3. The van der Waals surface area contributed by atoms with Crippen LogP contribution in [0, 0.1) is 0 Å². The maximum Gasteiger partial charge on any atom is 0.101 e. The molecule has 0 fully saturated rings. The van der Waals surface area contributed by atoms with Gasteiger partial charge in [0.15, 0.2) is 0 Å². The average Bonchev–Trinajstić information content (AvgIpc) is 2.87. The molecule has 2 aromatic rings. The predicted octanol–water partition coefficient (Wildman–Crippen LogP) is 3.89. The molecule has 0 bridgehead atoms. The van der Waals surface area contributed by atoms with Crippen molar-refractivity contribution in [2.45, 2.75) is 38.6 Å². The van der Waals surface area contributed by atoms with Crippen molar-refractivity contribution in [2.24, 2.45) is 0 Å². The molecule has 3 rings (SSSR count). The molecule has 2 atom stereocenters. The van der Waals surface area contributed by atoms with E-state index in [1.54, 1.807) is 0 Å². The highest BCUT2D eigenvalue weighted by Crippen LogP contribution is 2.41. The first kappa shape index (κ1) is 12.8. The van der Waals surface area contributed by atoms with Crippen LogP contribution in [0.15, 0.2) is 30.5 Å². The summed E-state index contributed by atoms with van der Waals surface area (Å²) in [6, 6.07) is 9.14. The van der Waals surface area contributed by atoms with Crippen LogP contribution in [0.4, 0.5) is 0 Å². The lowest BCUT2D eigenvalue weighted by Gasteiger charge is -2.28. The zero-order valence-corrected chi connectivity index (χ0v) is 12.3. The van der Waals surface area contributed by atoms with E-state index in [4.69, 9.17) is 0 Å². The molecule has 0 spiro atoms. The highest BCUT2D eigenvalue weighted by Gasteiger charge is 2.29. The molecule has 0 amide bonds. The van der Waals surface area contributed by atoms with Crippen LogP contribution in [0.5, 0.6) is 0 Å². The maximum atomic E-state index is 4.64. The third-order valence-corrected chi connectivity index (χ3v) is 5.12. The van der Waals surface area contributed by atoms with E-state index in [1.165, 1.54) is 27.4 Å². The minimum Gasteiger partial charge on any atom is -0.309 e. The summed E-state index contributed by atoms with van der Waals surface area (Å²) in [4.78, 5) is 6.00. The molecule has 1 heterocycles. The molecule has 19 heavy (non-hydrogen) atoms. The van der Waals surface area contributed by atoms with Crippen molar-refractivity contribution in [1.29, 1.82) is 0 Å². The second kappa shape index (κ2) is 5.43. The van der Waals surface area contributed by atoms with Crippen LogP contribution < -0.4 is 5.32 Å². The van der Waals surface area contributed by atoms with Crippen molar-refractivity contribution in [2.75, 3.05) is 6.54 Å². The number of nitrogens with one attached hydrogen (secondary N) is 1. The summed E-state index contributed by atoms with van der Waals surface area (Å²) >= 11 is 1.87. The summed E-state index contributed by atoms with van der Waals surface area (Å²) in [5.41, 5.74) is 2.96. The van der Waals surface area contributed by atoms with Crippen LogP contribution in [-0.2, 0) is 6.42 Å². The Morgan fingerprint density at radius 1 is 1.42 bits per heavy atom. The van der Waals surface area contributed by atoms with Crippen molar-refractivity contribution in [3.8, 4) is 0 Å². The molecule has 2 nitrogen and oxygen atoms in total. The summed E-state index contributed by atoms with van der Waals surface area (Å²) in [6.07, 6.45) is 4.38. The molecule has 1 aliphatic carbocycles. The number of rotatable bonds is 5. The number of aromatic nitrogens is 1. The quantitative estimate of drug-likeness (QED) is 0.893. The normalized spacial score (nSPS) is 18.7. The van der Waals surface area contributed by atoms with Gasteiger partial charge in [0.1, 0.15) is 5.01 Å². The van der Waals surface area contributed by atoms with Gasteiger partial charge in [0.05, 0.1) is 0 Å². The zero-order valence-electron chi connectivity index (χ0n) is 11.5. The molecule has 0 radical (unpaired) electrons. The van der Waals surface area contributed by atoms with Crippen LogP contribution in [0.1, 0.15) is 53.2 Å². The molecule has 1 N–H and O–H groups in total. The Labute approximate surface area is 118 Å². The van der Waals surface area contributed by atoms with Crippen molar-refractivity contribution in [3.05, 3.63) is 51.5 Å². The van der Waals surface area contributed by atoms with Crippen LogP contribution >= 0.6 is 11.3 Å². The largest absolute Gasteiger partial charge is 0.309 e. The van der Waals surface area contributed by atoms with E-state index in [0.29, 0.717) is 12.0 Å². The van der Waals surface area contributed by atoms with Crippen molar-refractivity contribution in [3.63, 3.8) is 0 Å². The van der Waals surface area contributed by atoms with Crippen LogP contribution in [-0.4, -0.2) is 11.5 Å². The third-order valence-electron chi connectivity index (χ3n) is 3.82. The standard InChI is InChI=1S/C16H20N2S/c1-3-8-17-11(2)15-10-18-16(19-15)14-9-12-6-4-5-7-13(12)14/h4-7,10-11,14,17H,3,8-9H2,1-2H3. The lowest BCUT2D eigenvalue weighted by molar-refractivity contribution is 0.577. The van der Waals surface area contributed by atoms with Gasteiger partial charge in [0.25, 0.3) is 0 Å². The molecule has 100 valence electrons. The average molecular weight is 272 g/mol. The highest BCUT2D eigenvalue weighted by molar-refractivity contribution is 7.11. The van der Waals surface area contributed by atoms with Crippen molar-refractivity contribution >= 4 is 11.3 Å². The molecule has 1 aromatic carbocycles. The Kier molecular flexibility index (Phi) is 3.67. The van der Waals surface area contributed by atoms with Gasteiger partial charge >= 0.3 is 0 Å². The highest BCUT2D eigenvalue weighted by atomic mass is 32.1. The van der Waals surface area contributed by atoms with E-state index < -0.39 is 0 Å². The van der Waals surface area contributed by atoms with Gasteiger partial charge < -0.3 is 5.32 Å². The topological polar surface area (TPSA) is 24.9 Å². The predicted molar refractivity (Wildman–Crippen MR) is 80.8 cm³/mol. The van der Waals surface area contributed by atoms with Gasteiger partial charge in [0, 0.05) is 23.0 Å². The molecule has 1 aliphatic rings. The maximum absolute atomic E-state index is 4.64. The lowest BCUT2D eigenvalue weighted by atomic mass is 9.78. The first-order valence-electron chi connectivity index (χ1n) is 7.06. The summed E-state index contributed by atoms with van der Waals surface area (Å²) in [6.45, 7) is 5.49. The molecule has 1 aromatic heterocycles. The Balaban J connectivity index is 1.73. The van der Waals surface area contributed by atoms with E-state index in [-0.39, 0.29) is 0 Å². The number of nitrogens with zero attached hydrogens (tertiary/aromatic N) is 1. The summed E-state index contributed by atoms with van der Waals surface area (Å²) in [5, 5.41) is 4.80. The van der Waals surface area contributed by atoms with Gasteiger partial charge in [-0.05, 0) is 37.4 Å². The molecule has 0 saturated heterocycles. The Morgan fingerprint density at radius 3 is 3.05 bits per heavy atom. The van der Waals surface area contributed by atoms with Gasteiger partial charge in [-0.15, -0.1) is 11.3 Å². The minimum atomic E-state index is 0.418. The van der Waals surface area contributed by atoms with Gasteiger partial charge in [-0.1, -0.05) is 31.2 Å². The SMILES string of the molecule is CCCNC(C)c1cnc(C2Cc3ccccc32)s1. The molecule has 3 heteroatoms. The fourth-order valence-corrected chi connectivity index (χ4v) is 3.67. The summed E-state index contributed by atoms with van der Waals surface area (Å²) < 4.78 is 0. The first-order valence-corrected chi connectivity index (χ1v) is 7.88. The number of benzene rings is 1. The van der Waals surface area contributed by atoms with Gasteiger partial charge in [-0.2, -0.15) is 0 Å². The van der Waals surface area contributed by atoms with E-state index in [9.17, 15) is 0 Å². The Bertz CT molecular complexity index is 561. The van der Waals surface area contributed by atoms with Crippen LogP contribution in [0.25, 0.3) is 0 Å². The van der Waals surface area contributed by atoms with E-state index in [2.05, 4.69) is 48.4 Å². The Hall–Kier alpha value is -1.19. The van der Waals surface area contributed by atoms with Gasteiger partial charge in [-0.3, -0.25) is 0 Å². The van der Waals surface area contributed by atoms with Crippen LogP contribution in [0.2, 0.25) is 0 Å². The number of fused-ring (bicyclic) bond motifs is 1. The second-order valence-electron chi connectivity index (χ2n) is 5.23. The van der Waals surface area contributed by atoms with Crippen molar-refractivity contribution in [1.82, 2.24) is 10.3 Å². The summed E-state index contributed by atoms with van der Waals surface area (Å²) in [5.74, 6) is 0.535. The molecule has 0 aliphatic heterocycles. The number of hydrogen-bond donors (Lipinski definition) is 1. The first-order chi connectivity index (χ1) is 9.29. The van der Waals surface area contributed by atoms with Gasteiger partial charge in [0.2, 0.25) is 0 Å². The van der Waals surface area contributed by atoms with E-state index >= 15 is 0 Å². The van der Waals surface area contributed by atoms with Crippen LogP contribution in [0.3, 0.4) is 0 Å². The molecule has 0 saturated carbocycles. The van der Waals surface area contributed by atoms with E-state index in [1.807, 2.05) is 17.5 Å². The van der Waals surface area contributed by atoms with E-state index in [0.717, 1.165) is 13.0 Å². The summed E-state index contributed by atoms with van der Waals surface area (Å²) in [7, 11) is 0. The molecular weight excluding hydrogens is 252 g/mol. The molecular formula is C16H20N2S. The second-order valence-corrected chi connectivity index (χ2v) is 6.33. The molecule has 2 unspecified atom stereocenters. The smallest absolute Gasteiger partial charge is 0.101 e. The third kappa shape index (κ3) is 2.45. The fourth-order valence-electron chi connectivity index (χ4n) is 2.60. The monoisotopic (exact) mass is 272 g/mol. The number of thiazole rings is 1. The fraction of sp³-hybridized carbons (Fsp3) is 0.438. The lowest BCUT2D eigenvalue weighted by Crippen LogP contribution is -2.18. The Morgan fingerprint density at radius 2 is 2.26 bits per heavy atom. The zero-order chi connectivity index (χ0) is 13.2. The van der Waals surface area contributed by atoms with Crippen molar-refractivity contribution < 1.29 is 0 Å².